The fourth-order valence-corrected chi connectivity index (χ4v) is 3.33. The average molecular weight is 333 g/mol. The Morgan fingerprint density at radius 1 is 1.12 bits per heavy atom. The monoisotopic (exact) mass is 333 g/mol. The first kappa shape index (κ1) is 18.0. The van der Waals surface area contributed by atoms with Crippen molar-refractivity contribution in [1.82, 2.24) is 5.32 Å². The van der Waals surface area contributed by atoms with Crippen LogP contribution in [0.2, 0.25) is 0 Å². The van der Waals surface area contributed by atoms with Crippen molar-refractivity contribution in [2.45, 2.75) is 45.1 Å². The molecule has 0 radical (unpaired) electrons. The zero-order valence-electron chi connectivity index (χ0n) is 14.3. The lowest BCUT2D eigenvalue weighted by Crippen LogP contribution is -2.64. The number of benzene rings is 1. The van der Waals surface area contributed by atoms with Gasteiger partial charge in [0.2, 0.25) is 11.4 Å². The van der Waals surface area contributed by atoms with Crippen LogP contribution in [0.3, 0.4) is 0 Å². The highest BCUT2D eigenvalue weighted by atomic mass is 16.6. The molecular formula is C18H23NO5. The predicted octanol–water partition coefficient (Wildman–Crippen LogP) is 1.72. The summed E-state index contributed by atoms with van der Waals surface area (Å²) in [5, 5.41) is 2.56. The van der Waals surface area contributed by atoms with E-state index in [-0.39, 0.29) is 13.2 Å². The molecule has 1 atom stereocenters. The highest BCUT2D eigenvalue weighted by molar-refractivity contribution is 6.09. The van der Waals surface area contributed by atoms with Crippen LogP contribution in [0.1, 0.15) is 44.2 Å². The van der Waals surface area contributed by atoms with E-state index in [0.717, 1.165) is 17.5 Å². The Bertz CT molecular complexity index is 622. The van der Waals surface area contributed by atoms with Crippen LogP contribution in [0.5, 0.6) is 0 Å². The van der Waals surface area contributed by atoms with Crippen molar-refractivity contribution in [2.75, 3.05) is 13.2 Å². The molecule has 1 amide bonds. The number of carbonyl (C=O) groups excluding carboxylic acids is 3. The number of fused-ring (bicyclic) bond motifs is 1. The number of carbonyl (C=O) groups is 3. The van der Waals surface area contributed by atoms with Crippen LogP contribution in [0.4, 0.5) is 0 Å². The molecule has 130 valence electrons. The SMILES string of the molecule is CCOC(=O)C(NC(C)=O)(C(=O)OCC)C1CCc2ccccc21. The van der Waals surface area contributed by atoms with Crippen LogP contribution < -0.4 is 5.32 Å². The van der Waals surface area contributed by atoms with Crippen LogP contribution >= 0.6 is 0 Å². The quantitative estimate of drug-likeness (QED) is 0.633. The second kappa shape index (κ2) is 7.47. The van der Waals surface area contributed by atoms with E-state index in [0.29, 0.717) is 6.42 Å². The first-order valence-corrected chi connectivity index (χ1v) is 8.18. The van der Waals surface area contributed by atoms with E-state index in [4.69, 9.17) is 9.47 Å². The van der Waals surface area contributed by atoms with Crippen LogP contribution in [-0.4, -0.2) is 36.6 Å². The molecule has 0 spiro atoms. The van der Waals surface area contributed by atoms with Gasteiger partial charge in [-0.25, -0.2) is 9.59 Å². The van der Waals surface area contributed by atoms with Crippen molar-refractivity contribution in [3.05, 3.63) is 35.4 Å². The molecule has 6 nitrogen and oxygen atoms in total. The number of amides is 1. The summed E-state index contributed by atoms with van der Waals surface area (Å²) in [6, 6.07) is 7.61. The summed E-state index contributed by atoms with van der Waals surface area (Å²) in [6.45, 7) is 4.80. The van der Waals surface area contributed by atoms with Gasteiger partial charge >= 0.3 is 11.9 Å². The summed E-state index contributed by atoms with van der Waals surface area (Å²) >= 11 is 0. The fraction of sp³-hybridized carbons (Fsp3) is 0.500. The van der Waals surface area contributed by atoms with Crippen LogP contribution in [0.15, 0.2) is 24.3 Å². The second-order valence-electron chi connectivity index (χ2n) is 5.72. The molecule has 1 aromatic rings. The number of nitrogens with one attached hydrogen (secondary N) is 1. The summed E-state index contributed by atoms with van der Waals surface area (Å²) in [7, 11) is 0. The van der Waals surface area contributed by atoms with Crippen molar-refractivity contribution in [3.63, 3.8) is 0 Å². The Morgan fingerprint density at radius 3 is 2.25 bits per heavy atom. The Hall–Kier alpha value is -2.37. The minimum Gasteiger partial charge on any atom is -0.464 e. The van der Waals surface area contributed by atoms with E-state index in [1.807, 2.05) is 24.3 Å². The third-order valence-corrected chi connectivity index (χ3v) is 4.22. The van der Waals surface area contributed by atoms with Crippen molar-refractivity contribution < 1.29 is 23.9 Å². The molecule has 24 heavy (non-hydrogen) atoms. The van der Waals surface area contributed by atoms with E-state index >= 15 is 0 Å². The number of hydrogen-bond acceptors (Lipinski definition) is 5. The van der Waals surface area contributed by atoms with Gasteiger partial charge in [-0.1, -0.05) is 24.3 Å². The Labute approximate surface area is 141 Å². The van der Waals surface area contributed by atoms with E-state index in [9.17, 15) is 14.4 Å². The highest BCUT2D eigenvalue weighted by Crippen LogP contribution is 2.42. The summed E-state index contributed by atoms with van der Waals surface area (Å²) in [6.07, 6.45) is 1.28. The van der Waals surface area contributed by atoms with E-state index in [2.05, 4.69) is 5.32 Å². The largest absolute Gasteiger partial charge is 0.464 e. The number of rotatable bonds is 6. The molecule has 0 heterocycles. The zero-order chi connectivity index (χ0) is 17.7. The van der Waals surface area contributed by atoms with Gasteiger partial charge in [0.15, 0.2) is 0 Å². The molecule has 0 saturated carbocycles. The van der Waals surface area contributed by atoms with Crippen molar-refractivity contribution >= 4 is 17.8 Å². The number of esters is 2. The minimum atomic E-state index is -1.86. The molecule has 0 bridgehead atoms. The molecule has 0 fully saturated rings. The molecule has 2 rings (SSSR count). The number of hydrogen-bond donors (Lipinski definition) is 1. The van der Waals surface area contributed by atoms with Crippen LogP contribution in [0, 0.1) is 0 Å². The summed E-state index contributed by atoms with van der Waals surface area (Å²) < 4.78 is 10.3. The second-order valence-corrected chi connectivity index (χ2v) is 5.72. The lowest BCUT2D eigenvalue weighted by Gasteiger charge is -2.35. The highest BCUT2D eigenvalue weighted by Gasteiger charge is 2.57. The minimum absolute atomic E-state index is 0.105. The Morgan fingerprint density at radius 2 is 1.71 bits per heavy atom. The molecule has 0 aromatic heterocycles. The van der Waals surface area contributed by atoms with E-state index in [1.54, 1.807) is 13.8 Å². The normalized spacial score (nSPS) is 16.2. The maximum absolute atomic E-state index is 12.8. The zero-order valence-corrected chi connectivity index (χ0v) is 14.3. The molecule has 0 aliphatic heterocycles. The molecular weight excluding hydrogens is 310 g/mol. The van der Waals surface area contributed by atoms with Gasteiger partial charge in [-0.05, 0) is 37.8 Å². The van der Waals surface area contributed by atoms with E-state index < -0.39 is 29.3 Å². The van der Waals surface area contributed by atoms with Crippen LogP contribution in [0.25, 0.3) is 0 Å². The summed E-state index contributed by atoms with van der Waals surface area (Å²) in [5.74, 6) is -2.56. The number of ether oxygens (including phenoxy) is 2. The maximum Gasteiger partial charge on any atom is 0.344 e. The van der Waals surface area contributed by atoms with Gasteiger partial charge < -0.3 is 14.8 Å². The molecule has 1 aliphatic carbocycles. The first-order valence-electron chi connectivity index (χ1n) is 8.18. The van der Waals surface area contributed by atoms with Gasteiger partial charge in [-0.3, -0.25) is 4.79 Å². The van der Waals surface area contributed by atoms with Crippen LogP contribution in [-0.2, 0) is 30.3 Å². The number of aryl methyl sites for hydroxylation is 1. The molecule has 1 unspecified atom stereocenters. The summed E-state index contributed by atoms with van der Waals surface area (Å²) in [5.41, 5.74) is 0.0722. The van der Waals surface area contributed by atoms with Gasteiger partial charge in [0.1, 0.15) is 0 Å². The van der Waals surface area contributed by atoms with E-state index in [1.165, 1.54) is 6.92 Å². The molecule has 1 aliphatic rings. The summed E-state index contributed by atoms with van der Waals surface area (Å²) in [4.78, 5) is 37.4. The standard InChI is InChI=1S/C18H23NO5/c1-4-23-16(21)18(19-12(3)20,17(22)24-5-2)15-11-10-13-8-6-7-9-14(13)15/h6-9,15H,4-5,10-11H2,1-3H3,(H,19,20). The van der Waals surface area contributed by atoms with Crippen molar-refractivity contribution in [3.8, 4) is 0 Å². The van der Waals surface area contributed by atoms with Gasteiger partial charge in [0, 0.05) is 12.8 Å². The lowest BCUT2D eigenvalue weighted by molar-refractivity contribution is -0.169. The smallest absolute Gasteiger partial charge is 0.344 e. The van der Waals surface area contributed by atoms with Crippen molar-refractivity contribution in [2.24, 2.45) is 0 Å². The van der Waals surface area contributed by atoms with Gasteiger partial charge in [-0.2, -0.15) is 0 Å². The average Bonchev–Trinajstić information content (AvgIpc) is 2.97. The van der Waals surface area contributed by atoms with Gasteiger partial charge in [0.05, 0.1) is 13.2 Å². The molecule has 6 heteroatoms. The van der Waals surface area contributed by atoms with Gasteiger partial charge in [-0.15, -0.1) is 0 Å². The van der Waals surface area contributed by atoms with Crippen molar-refractivity contribution in [1.29, 1.82) is 0 Å². The topological polar surface area (TPSA) is 81.7 Å². The molecule has 1 aromatic carbocycles. The Balaban J connectivity index is 2.57. The van der Waals surface area contributed by atoms with Gasteiger partial charge in [0.25, 0.3) is 0 Å². The molecule has 0 saturated heterocycles. The molecule has 1 N–H and O–H groups in total. The Kier molecular flexibility index (Phi) is 5.59. The lowest BCUT2D eigenvalue weighted by atomic mass is 9.79. The fourth-order valence-electron chi connectivity index (χ4n) is 3.33. The third kappa shape index (κ3) is 3.13. The predicted molar refractivity (Wildman–Crippen MR) is 87.3 cm³/mol. The first-order chi connectivity index (χ1) is 11.5. The third-order valence-electron chi connectivity index (χ3n) is 4.22. The maximum atomic E-state index is 12.8.